The van der Waals surface area contributed by atoms with Gasteiger partial charge in [-0.3, -0.25) is 4.79 Å². The number of nitrogens with one attached hydrogen (secondary N) is 1. The van der Waals surface area contributed by atoms with Crippen molar-refractivity contribution < 1.29 is 9.21 Å². The molecule has 1 aliphatic carbocycles. The molecule has 1 heterocycles. The molecule has 1 saturated carbocycles. The van der Waals surface area contributed by atoms with Crippen LogP contribution in [-0.2, 0) is 4.79 Å². The maximum absolute atomic E-state index is 12.7. The Morgan fingerprint density at radius 2 is 1.89 bits per heavy atom. The second-order valence-electron chi connectivity index (χ2n) is 6.86. The third-order valence-electron chi connectivity index (χ3n) is 4.64. The summed E-state index contributed by atoms with van der Waals surface area (Å²) in [6.45, 7) is 4.12. The van der Waals surface area contributed by atoms with Crippen LogP contribution in [0.25, 0.3) is 11.5 Å². The maximum atomic E-state index is 12.7. The molecule has 1 aromatic heterocycles. The largest absolute Gasteiger partial charge is 0.411 e. The van der Waals surface area contributed by atoms with Crippen LogP contribution in [0.1, 0.15) is 34.8 Å². The predicted octanol–water partition coefficient (Wildman–Crippen LogP) is 4.47. The zero-order valence-electron chi connectivity index (χ0n) is 15.3. The van der Waals surface area contributed by atoms with Crippen LogP contribution in [0.5, 0.6) is 0 Å². The highest BCUT2D eigenvalue weighted by atomic mass is 32.2. The molecule has 1 aliphatic rings. The number of hydrogen-bond donors (Lipinski definition) is 1. The lowest BCUT2D eigenvalue weighted by molar-refractivity contribution is -0.120. The van der Waals surface area contributed by atoms with Gasteiger partial charge in [0.05, 0.1) is 0 Å². The van der Waals surface area contributed by atoms with Crippen LogP contribution in [-0.4, -0.2) is 22.1 Å². The average Bonchev–Trinajstić information content (AvgIpc) is 3.36. The van der Waals surface area contributed by atoms with Crippen molar-refractivity contribution in [1.82, 2.24) is 15.5 Å². The van der Waals surface area contributed by atoms with Crippen LogP contribution in [0.2, 0.25) is 0 Å². The molecule has 0 saturated heterocycles. The highest BCUT2D eigenvalue weighted by molar-refractivity contribution is 8.00. The first-order valence-corrected chi connectivity index (χ1v) is 9.91. The van der Waals surface area contributed by atoms with Gasteiger partial charge in [-0.1, -0.05) is 36.4 Å². The van der Waals surface area contributed by atoms with Crippen LogP contribution < -0.4 is 5.32 Å². The Balaban J connectivity index is 1.56. The lowest BCUT2D eigenvalue weighted by atomic mass is 10.1. The molecule has 27 heavy (non-hydrogen) atoms. The van der Waals surface area contributed by atoms with E-state index in [9.17, 15) is 4.79 Å². The lowest BCUT2D eigenvalue weighted by Gasteiger charge is -2.14. The van der Waals surface area contributed by atoms with E-state index in [1.54, 1.807) is 0 Å². The van der Waals surface area contributed by atoms with Crippen molar-refractivity contribution in [3.63, 3.8) is 0 Å². The van der Waals surface area contributed by atoms with Gasteiger partial charge in [-0.15, -0.1) is 10.2 Å². The van der Waals surface area contributed by atoms with Crippen LogP contribution in [0.15, 0.2) is 58.2 Å². The summed E-state index contributed by atoms with van der Waals surface area (Å²) in [7, 11) is 0. The molecule has 0 radical (unpaired) electrons. The Labute approximate surface area is 162 Å². The fourth-order valence-electron chi connectivity index (χ4n) is 2.75. The fraction of sp³-hybridized carbons (Fsp3) is 0.286. The van der Waals surface area contributed by atoms with E-state index in [0.717, 1.165) is 24.0 Å². The third-order valence-corrected chi connectivity index (χ3v) is 5.73. The van der Waals surface area contributed by atoms with E-state index >= 15 is 0 Å². The van der Waals surface area contributed by atoms with E-state index in [0.29, 0.717) is 17.2 Å². The highest BCUT2D eigenvalue weighted by Gasteiger charge is 2.30. The summed E-state index contributed by atoms with van der Waals surface area (Å²) in [4.78, 5) is 12.7. The molecule has 0 aliphatic heterocycles. The number of aryl methyl sites for hydroxylation is 2. The summed E-state index contributed by atoms with van der Waals surface area (Å²) in [5.74, 6) is 0.453. The van der Waals surface area contributed by atoms with Crippen molar-refractivity contribution in [3.8, 4) is 11.5 Å². The summed E-state index contributed by atoms with van der Waals surface area (Å²) in [6.07, 6.45) is 2.10. The van der Waals surface area contributed by atoms with Gasteiger partial charge < -0.3 is 9.73 Å². The van der Waals surface area contributed by atoms with E-state index in [-0.39, 0.29) is 5.91 Å². The average molecular weight is 379 g/mol. The molecule has 6 heteroatoms. The topological polar surface area (TPSA) is 68.0 Å². The molecule has 5 nitrogen and oxygen atoms in total. The summed E-state index contributed by atoms with van der Waals surface area (Å²) in [6, 6.07) is 16.0. The minimum absolute atomic E-state index is 0.0142. The first-order valence-electron chi connectivity index (χ1n) is 9.03. The number of benzene rings is 2. The number of amides is 1. The number of nitrogens with zero attached hydrogens (tertiary/aromatic N) is 2. The predicted molar refractivity (Wildman–Crippen MR) is 105 cm³/mol. The van der Waals surface area contributed by atoms with Crippen molar-refractivity contribution in [3.05, 3.63) is 65.2 Å². The van der Waals surface area contributed by atoms with Crippen molar-refractivity contribution in [2.75, 3.05) is 0 Å². The molecule has 0 unspecified atom stereocenters. The molecular formula is C21H21N3O2S. The molecule has 1 amide bonds. The highest BCUT2D eigenvalue weighted by Crippen LogP contribution is 2.36. The fourth-order valence-corrected chi connectivity index (χ4v) is 3.64. The zero-order valence-corrected chi connectivity index (χ0v) is 16.1. The van der Waals surface area contributed by atoms with Crippen molar-refractivity contribution in [2.24, 2.45) is 0 Å². The molecule has 2 aromatic carbocycles. The number of thioether (sulfide) groups is 1. The van der Waals surface area contributed by atoms with E-state index in [4.69, 9.17) is 4.42 Å². The second-order valence-corrected chi connectivity index (χ2v) is 7.92. The lowest BCUT2D eigenvalue weighted by Crippen LogP contribution is -2.29. The zero-order chi connectivity index (χ0) is 18.8. The number of carbonyl (C=O) groups is 1. The molecule has 0 bridgehead atoms. The Morgan fingerprint density at radius 3 is 2.59 bits per heavy atom. The standard InChI is InChI=1S/C21H21N3O2S/c1-13-8-9-16(12-14(13)2)20-23-24-21(26-20)27-18(15-6-4-3-5-7-15)19(25)22-17-10-11-17/h3-9,12,17-18H,10-11H2,1-2H3,(H,22,25)/t18-/m1/s1. The first kappa shape index (κ1) is 17.8. The molecular weight excluding hydrogens is 358 g/mol. The summed E-state index contributed by atoms with van der Waals surface area (Å²) >= 11 is 1.29. The van der Waals surface area contributed by atoms with Gasteiger partial charge >= 0.3 is 0 Å². The van der Waals surface area contributed by atoms with Crippen LogP contribution >= 0.6 is 11.8 Å². The maximum Gasteiger partial charge on any atom is 0.277 e. The number of aromatic nitrogens is 2. The Hall–Kier alpha value is -2.60. The van der Waals surface area contributed by atoms with Gasteiger partial charge in [-0.05, 0) is 67.3 Å². The molecule has 138 valence electrons. The molecule has 4 rings (SSSR count). The molecule has 1 N–H and O–H groups in total. The Morgan fingerprint density at radius 1 is 1.11 bits per heavy atom. The van der Waals surface area contributed by atoms with E-state index in [2.05, 4.69) is 29.4 Å². The van der Waals surface area contributed by atoms with Gasteiger partial charge in [0, 0.05) is 11.6 Å². The van der Waals surface area contributed by atoms with Gasteiger partial charge in [0.25, 0.3) is 5.22 Å². The second kappa shape index (κ2) is 7.56. The van der Waals surface area contributed by atoms with Crippen molar-refractivity contribution in [1.29, 1.82) is 0 Å². The smallest absolute Gasteiger partial charge is 0.277 e. The van der Waals surface area contributed by atoms with E-state index in [1.165, 1.54) is 22.9 Å². The number of carbonyl (C=O) groups excluding carboxylic acids is 1. The minimum atomic E-state index is -0.417. The monoisotopic (exact) mass is 379 g/mol. The third kappa shape index (κ3) is 4.22. The SMILES string of the molecule is Cc1ccc(-c2nnc(S[C@@H](C(=O)NC3CC3)c3ccccc3)o2)cc1C. The number of rotatable bonds is 6. The Bertz CT molecular complexity index is 951. The van der Waals surface area contributed by atoms with Crippen LogP contribution in [0.3, 0.4) is 0 Å². The molecule has 0 spiro atoms. The van der Waals surface area contributed by atoms with Gasteiger partial charge in [0.15, 0.2) is 0 Å². The molecule has 3 aromatic rings. The van der Waals surface area contributed by atoms with Gasteiger partial charge in [-0.25, -0.2) is 0 Å². The van der Waals surface area contributed by atoms with Gasteiger partial charge in [0.2, 0.25) is 11.8 Å². The van der Waals surface area contributed by atoms with Crippen LogP contribution in [0, 0.1) is 13.8 Å². The molecule has 1 fully saturated rings. The normalized spacial score (nSPS) is 14.7. The van der Waals surface area contributed by atoms with Gasteiger partial charge in [0.1, 0.15) is 5.25 Å². The van der Waals surface area contributed by atoms with Crippen molar-refractivity contribution in [2.45, 2.75) is 43.2 Å². The summed E-state index contributed by atoms with van der Waals surface area (Å²) in [5.41, 5.74) is 4.20. The quantitative estimate of drug-likeness (QED) is 0.640. The van der Waals surface area contributed by atoms with Crippen LogP contribution in [0.4, 0.5) is 0 Å². The minimum Gasteiger partial charge on any atom is -0.411 e. The van der Waals surface area contributed by atoms with E-state index in [1.807, 2.05) is 48.5 Å². The molecule has 1 atom stereocenters. The summed E-state index contributed by atoms with van der Waals surface area (Å²) < 4.78 is 5.85. The first-order chi connectivity index (χ1) is 13.1. The Kier molecular flexibility index (Phi) is 4.99. The summed E-state index contributed by atoms with van der Waals surface area (Å²) in [5, 5.41) is 11.4. The number of hydrogen-bond acceptors (Lipinski definition) is 5. The van der Waals surface area contributed by atoms with E-state index < -0.39 is 5.25 Å². The van der Waals surface area contributed by atoms with Gasteiger partial charge in [-0.2, -0.15) is 0 Å². The van der Waals surface area contributed by atoms with Crippen molar-refractivity contribution >= 4 is 17.7 Å².